The van der Waals surface area contributed by atoms with E-state index in [9.17, 15) is 4.79 Å². The SMILES string of the molecule is CCCCOc1ccc(NC(=O)NCC(OC)c2ccc(C)s2)cc1. The number of nitrogens with one attached hydrogen (secondary N) is 2. The summed E-state index contributed by atoms with van der Waals surface area (Å²) in [5, 5.41) is 5.66. The van der Waals surface area contributed by atoms with Gasteiger partial charge in [-0.15, -0.1) is 11.3 Å². The minimum absolute atomic E-state index is 0.140. The van der Waals surface area contributed by atoms with Crippen LogP contribution in [-0.2, 0) is 4.74 Å². The number of thiophene rings is 1. The van der Waals surface area contributed by atoms with Gasteiger partial charge in [0.25, 0.3) is 0 Å². The van der Waals surface area contributed by atoms with Crippen LogP contribution in [0.15, 0.2) is 36.4 Å². The zero-order valence-corrected chi connectivity index (χ0v) is 15.8. The maximum Gasteiger partial charge on any atom is 0.319 e. The Kier molecular flexibility index (Phi) is 7.76. The highest BCUT2D eigenvalue weighted by Gasteiger charge is 2.14. The Morgan fingerprint density at radius 2 is 1.96 bits per heavy atom. The number of benzene rings is 1. The zero-order valence-electron chi connectivity index (χ0n) is 15.0. The molecule has 1 aromatic heterocycles. The summed E-state index contributed by atoms with van der Waals surface area (Å²) in [6.07, 6.45) is 2.00. The van der Waals surface area contributed by atoms with Crippen molar-refractivity contribution in [3.05, 3.63) is 46.2 Å². The van der Waals surface area contributed by atoms with Gasteiger partial charge in [-0.2, -0.15) is 0 Å². The summed E-state index contributed by atoms with van der Waals surface area (Å²) in [5.41, 5.74) is 0.723. The van der Waals surface area contributed by atoms with Gasteiger partial charge < -0.3 is 20.1 Å². The number of carbonyl (C=O) groups is 1. The lowest BCUT2D eigenvalue weighted by molar-refractivity contribution is 0.107. The molecule has 0 spiro atoms. The molecule has 0 saturated heterocycles. The lowest BCUT2D eigenvalue weighted by Crippen LogP contribution is -2.32. The highest BCUT2D eigenvalue weighted by Crippen LogP contribution is 2.24. The quantitative estimate of drug-likeness (QED) is 0.633. The fourth-order valence-electron chi connectivity index (χ4n) is 2.26. The molecule has 6 heteroatoms. The van der Waals surface area contributed by atoms with Gasteiger partial charge in [-0.05, 0) is 49.7 Å². The maximum atomic E-state index is 12.1. The number of anilines is 1. The summed E-state index contributed by atoms with van der Waals surface area (Å²) >= 11 is 1.68. The number of rotatable bonds is 9. The summed E-state index contributed by atoms with van der Waals surface area (Å²) in [4.78, 5) is 14.4. The Labute approximate surface area is 153 Å². The van der Waals surface area contributed by atoms with Crippen LogP contribution in [0.3, 0.4) is 0 Å². The molecule has 25 heavy (non-hydrogen) atoms. The molecule has 0 bridgehead atoms. The lowest BCUT2D eigenvalue weighted by Gasteiger charge is -2.15. The largest absolute Gasteiger partial charge is 0.494 e. The first-order valence-corrected chi connectivity index (χ1v) is 9.31. The molecule has 5 nitrogen and oxygen atoms in total. The van der Waals surface area contributed by atoms with Gasteiger partial charge in [0.05, 0.1) is 13.2 Å². The van der Waals surface area contributed by atoms with Crippen LogP contribution in [0.25, 0.3) is 0 Å². The van der Waals surface area contributed by atoms with E-state index < -0.39 is 0 Å². The first-order valence-electron chi connectivity index (χ1n) is 8.49. The fraction of sp³-hybridized carbons (Fsp3) is 0.421. The lowest BCUT2D eigenvalue weighted by atomic mass is 10.3. The average molecular weight is 362 g/mol. The fourth-order valence-corrected chi connectivity index (χ4v) is 3.21. The van der Waals surface area contributed by atoms with Crippen LogP contribution >= 0.6 is 11.3 Å². The van der Waals surface area contributed by atoms with Crippen molar-refractivity contribution in [3.8, 4) is 5.75 Å². The third-order valence-electron chi connectivity index (χ3n) is 3.69. The van der Waals surface area contributed by atoms with E-state index in [4.69, 9.17) is 9.47 Å². The van der Waals surface area contributed by atoms with E-state index in [0.29, 0.717) is 13.2 Å². The summed E-state index contributed by atoms with van der Waals surface area (Å²) in [6, 6.07) is 11.2. The number of unbranched alkanes of at least 4 members (excludes halogenated alkanes) is 1. The second kappa shape index (κ2) is 10.1. The van der Waals surface area contributed by atoms with Crippen molar-refractivity contribution < 1.29 is 14.3 Å². The normalized spacial score (nSPS) is 11.8. The van der Waals surface area contributed by atoms with Gasteiger partial charge in [-0.1, -0.05) is 13.3 Å². The summed E-state index contributed by atoms with van der Waals surface area (Å²) in [5.74, 6) is 0.812. The van der Waals surface area contributed by atoms with Crippen molar-refractivity contribution in [1.29, 1.82) is 0 Å². The Morgan fingerprint density at radius 1 is 1.20 bits per heavy atom. The number of amides is 2. The number of carbonyl (C=O) groups excluding carboxylic acids is 1. The molecule has 0 fully saturated rings. The standard InChI is InChI=1S/C19H26N2O3S/c1-4-5-12-24-16-9-7-15(8-10-16)21-19(22)20-13-17(23-3)18-11-6-14(2)25-18/h6-11,17H,4-5,12-13H2,1-3H3,(H2,20,21,22). The van der Waals surface area contributed by atoms with Crippen molar-refractivity contribution in [2.24, 2.45) is 0 Å². The number of hydrogen-bond acceptors (Lipinski definition) is 4. The number of ether oxygens (including phenoxy) is 2. The molecule has 0 saturated carbocycles. The minimum atomic E-state index is -0.255. The molecule has 1 unspecified atom stereocenters. The first kappa shape index (κ1) is 19.3. The predicted molar refractivity (Wildman–Crippen MR) is 103 cm³/mol. The van der Waals surface area contributed by atoms with Crippen LogP contribution in [0.1, 0.15) is 35.6 Å². The summed E-state index contributed by atoms with van der Waals surface area (Å²) in [7, 11) is 1.65. The molecule has 0 radical (unpaired) electrons. The van der Waals surface area contributed by atoms with E-state index in [-0.39, 0.29) is 12.1 Å². The van der Waals surface area contributed by atoms with Crippen LogP contribution in [0, 0.1) is 6.92 Å². The van der Waals surface area contributed by atoms with Gasteiger partial charge in [0, 0.05) is 22.6 Å². The molecule has 136 valence electrons. The Morgan fingerprint density at radius 3 is 2.56 bits per heavy atom. The molecule has 1 atom stereocenters. The van der Waals surface area contributed by atoms with E-state index in [2.05, 4.69) is 30.5 Å². The van der Waals surface area contributed by atoms with Crippen molar-refractivity contribution >= 4 is 23.1 Å². The molecular formula is C19H26N2O3S. The van der Waals surface area contributed by atoms with Gasteiger partial charge in [-0.25, -0.2) is 4.79 Å². The molecule has 0 aliphatic carbocycles. The maximum absolute atomic E-state index is 12.1. The third kappa shape index (κ3) is 6.40. The molecule has 2 rings (SSSR count). The molecule has 0 aliphatic rings. The molecule has 1 aromatic carbocycles. The summed E-state index contributed by atoms with van der Waals surface area (Å²) < 4.78 is 11.1. The number of urea groups is 1. The van der Waals surface area contributed by atoms with Gasteiger partial charge in [0.15, 0.2) is 0 Å². The number of methoxy groups -OCH3 is 1. The van der Waals surface area contributed by atoms with Gasteiger partial charge in [0.2, 0.25) is 0 Å². The van der Waals surface area contributed by atoms with Crippen molar-refractivity contribution in [1.82, 2.24) is 5.32 Å². The molecule has 2 amide bonds. The van der Waals surface area contributed by atoms with E-state index >= 15 is 0 Å². The number of aryl methyl sites for hydroxylation is 1. The monoisotopic (exact) mass is 362 g/mol. The topological polar surface area (TPSA) is 59.6 Å². The smallest absolute Gasteiger partial charge is 0.319 e. The van der Waals surface area contributed by atoms with E-state index in [1.54, 1.807) is 18.4 Å². The van der Waals surface area contributed by atoms with Crippen LogP contribution in [0.2, 0.25) is 0 Å². The van der Waals surface area contributed by atoms with Crippen LogP contribution in [-0.4, -0.2) is 26.3 Å². The summed E-state index contributed by atoms with van der Waals surface area (Å²) in [6.45, 7) is 5.31. The highest BCUT2D eigenvalue weighted by molar-refractivity contribution is 7.12. The molecule has 2 N–H and O–H groups in total. The van der Waals surface area contributed by atoms with Crippen LogP contribution in [0.5, 0.6) is 5.75 Å². The number of hydrogen-bond donors (Lipinski definition) is 2. The Hall–Kier alpha value is -2.05. The van der Waals surface area contributed by atoms with Gasteiger partial charge >= 0.3 is 6.03 Å². The molecular weight excluding hydrogens is 336 g/mol. The minimum Gasteiger partial charge on any atom is -0.494 e. The molecule has 1 heterocycles. The van der Waals surface area contributed by atoms with Crippen molar-refractivity contribution in [2.45, 2.75) is 32.8 Å². The predicted octanol–water partition coefficient (Wildman–Crippen LogP) is 4.74. The average Bonchev–Trinajstić information content (AvgIpc) is 3.03. The second-order valence-electron chi connectivity index (χ2n) is 5.73. The van der Waals surface area contributed by atoms with E-state index in [1.165, 1.54) is 4.88 Å². The van der Waals surface area contributed by atoms with Crippen molar-refractivity contribution in [3.63, 3.8) is 0 Å². The highest BCUT2D eigenvalue weighted by atomic mass is 32.1. The Balaban J connectivity index is 1.79. The third-order valence-corrected chi connectivity index (χ3v) is 4.78. The van der Waals surface area contributed by atoms with Crippen molar-refractivity contribution in [2.75, 3.05) is 25.6 Å². The molecule has 0 aliphatic heterocycles. The van der Waals surface area contributed by atoms with E-state index in [1.807, 2.05) is 30.3 Å². The van der Waals surface area contributed by atoms with Crippen LogP contribution in [0.4, 0.5) is 10.5 Å². The van der Waals surface area contributed by atoms with Gasteiger partial charge in [-0.3, -0.25) is 0 Å². The van der Waals surface area contributed by atoms with Gasteiger partial charge in [0.1, 0.15) is 11.9 Å². The Bertz CT molecular complexity index is 655. The van der Waals surface area contributed by atoms with Crippen LogP contribution < -0.4 is 15.4 Å². The second-order valence-corrected chi connectivity index (χ2v) is 7.05. The zero-order chi connectivity index (χ0) is 18.1. The molecule has 2 aromatic rings. The van der Waals surface area contributed by atoms with E-state index in [0.717, 1.165) is 29.2 Å². The first-order chi connectivity index (χ1) is 12.1.